The van der Waals surface area contributed by atoms with Gasteiger partial charge in [-0.1, -0.05) is 31.2 Å². The second-order valence-corrected chi connectivity index (χ2v) is 5.20. The van der Waals surface area contributed by atoms with Crippen LogP contribution in [0.3, 0.4) is 0 Å². The molecule has 25 heavy (non-hydrogen) atoms. The predicted octanol–water partition coefficient (Wildman–Crippen LogP) is 4.51. The van der Waals surface area contributed by atoms with Crippen molar-refractivity contribution in [3.05, 3.63) is 54.1 Å². The van der Waals surface area contributed by atoms with Gasteiger partial charge in [-0.15, -0.1) is 0 Å². The Kier molecular flexibility index (Phi) is 5.90. The van der Waals surface area contributed by atoms with Crippen LogP contribution in [-0.2, 0) is 11.0 Å². The fourth-order valence-electron chi connectivity index (χ4n) is 2.24. The Morgan fingerprint density at radius 3 is 2.28 bits per heavy atom. The molecule has 1 atom stereocenters. The summed E-state index contributed by atoms with van der Waals surface area (Å²) < 4.78 is 49.9. The maximum absolute atomic E-state index is 13.0. The fraction of sp³-hybridized carbons (Fsp3) is 0.278. The molecule has 0 saturated carbocycles. The first-order valence-corrected chi connectivity index (χ1v) is 7.63. The van der Waals surface area contributed by atoms with E-state index in [9.17, 15) is 18.0 Å². The van der Waals surface area contributed by atoms with E-state index in [1.54, 1.807) is 31.2 Å². The zero-order valence-electron chi connectivity index (χ0n) is 13.8. The molecule has 0 aliphatic carbocycles. The third-order valence-corrected chi connectivity index (χ3v) is 3.49. The van der Waals surface area contributed by atoms with Crippen LogP contribution in [0.2, 0.25) is 0 Å². The van der Waals surface area contributed by atoms with Crippen LogP contribution in [0, 0.1) is 0 Å². The van der Waals surface area contributed by atoms with Gasteiger partial charge in [-0.05, 0) is 30.7 Å². The minimum absolute atomic E-state index is 0.276. The number of carbonyl (C=O) groups is 1. The van der Waals surface area contributed by atoms with Gasteiger partial charge in [0, 0.05) is 0 Å². The number of alkyl halides is 3. The summed E-state index contributed by atoms with van der Waals surface area (Å²) in [4.78, 5) is 12.4. The zero-order chi connectivity index (χ0) is 18.4. The molecule has 7 heteroatoms. The number of ether oxygens (including phenoxy) is 2. The topological polar surface area (TPSA) is 47.6 Å². The molecule has 4 nitrogen and oxygen atoms in total. The monoisotopic (exact) mass is 353 g/mol. The highest BCUT2D eigenvalue weighted by atomic mass is 19.4. The Balaban J connectivity index is 2.19. The van der Waals surface area contributed by atoms with Crippen LogP contribution in [0.25, 0.3) is 0 Å². The molecule has 0 aliphatic rings. The van der Waals surface area contributed by atoms with Gasteiger partial charge in [-0.3, -0.25) is 4.79 Å². The van der Waals surface area contributed by atoms with E-state index in [0.29, 0.717) is 11.5 Å². The third-order valence-electron chi connectivity index (χ3n) is 3.49. The first-order chi connectivity index (χ1) is 11.9. The summed E-state index contributed by atoms with van der Waals surface area (Å²) in [5, 5.41) is 2.30. The summed E-state index contributed by atoms with van der Waals surface area (Å²) in [7, 11) is 1.46. The number of para-hydroxylation sites is 3. The first kappa shape index (κ1) is 18.6. The Morgan fingerprint density at radius 2 is 1.68 bits per heavy atom. The Bertz CT molecular complexity index is 732. The van der Waals surface area contributed by atoms with Crippen LogP contribution >= 0.6 is 0 Å². The minimum atomic E-state index is -4.56. The van der Waals surface area contributed by atoms with Crippen molar-refractivity contribution < 1.29 is 27.4 Å². The SMILES string of the molecule is CCC(Oc1ccccc1OC)C(=O)Nc1ccccc1C(F)(F)F. The van der Waals surface area contributed by atoms with Crippen LogP contribution < -0.4 is 14.8 Å². The number of amides is 1. The Hall–Kier alpha value is -2.70. The standard InChI is InChI=1S/C18H18F3NO3/c1-3-14(25-16-11-7-6-10-15(16)24-2)17(23)22-13-9-5-4-8-12(13)18(19,20)21/h4-11,14H,3H2,1-2H3,(H,22,23). The van der Waals surface area contributed by atoms with Crippen molar-refractivity contribution >= 4 is 11.6 Å². The number of methoxy groups -OCH3 is 1. The third kappa shape index (κ3) is 4.65. The lowest BCUT2D eigenvalue weighted by Crippen LogP contribution is -2.33. The van der Waals surface area contributed by atoms with E-state index in [0.717, 1.165) is 6.07 Å². The molecule has 2 aromatic carbocycles. The van der Waals surface area contributed by atoms with Gasteiger partial charge in [0.15, 0.2) is 17.6 Å². The van der Waals surface area contributed by atoms with Crippen LogP contribution in [-0.4, -0.2) is 19.1 Å². The number of hydrogen-bond donors (Lipinski definition) is 1. The van der Waals surface area contributed by atoms with Crippen molar-refractivity contribution in [1.29, 1.82) is 0 Å². The highest BCUT2D eigenvalue weighted by Gasteiger charge is 2.34. The van der Waals surface area contributed by atoms with Crippen molar-refractivity contribution in [1.82, 2.24) is 0 Å². The molecular weight excluding hydrogens is 335 g/mol. The first-order valence-electron chi connectivity index (χ1n) is 7.63. The molecule has 1 unspecified atom stereocenters. The Morgan fingerprint density at radius 1 is 1.08 bits per heavy atom. The number of hydrogen-bond acceptors (Lipinski definition) is 3. The van der Waals surface area contributed by atoms with Crippen molar-refractivity contribution in [3.63, 3.8) is 0 Å². The number of anilines is 1. The number of rotatable bonds is 6. The van der Waals surface area contributed by atoms with Gasteiger partial charge < -0.3 is 14.8 Å². The van der Waals surface area contributed by atoms with Gasteiger partial charge >= 0.3 is 6.18 Å². The molecule has 0 saturated heterocycles. The number of nitrogens with one attached hydrogen (secondary N) is 1. The number of halogens is 3. The molecule has 0 fully saturated rings. The second kappa shape index (κ2) is 7.92. The quantitative estimate of drug-likeness (QED) is 0.831. The molecule has 2 aromatic rings. The molecule has 1 amide bonds. The van der Waals surface area contributed by atoms with Crippen molar-refractivity contribution in [3.8, 4) is 11.5 Å². The maximum Gasteiger partial charge on any atom is 0.418 e. The lowest BCUT2D eigenvalue weighted by atomic mass is 10.1. The van der Waals surface area contributed by atoms with Gasteiger partial charge in [0.25, 0.3) is 5.91 Å². The summed E-state index contributed by atoms with van der Waals surface area (Å²) in [6, 6.07) is 11.5. The normalized spacial score (nSPS) is 12.4. The van der Waals surface area contributed by atoms with Crippen molar-refractivity contribution in [2.75, 3.05) is 12.4 Å². The van der Waals surface area contributed by atoms with E-state index >= 15 is 0 Å². The molecule has 0 radical (unpaired) electrons. The van der Waals surface area contributed by atoms with E-state index in [-0.39, 0.29) is 12.1 Å². The number of benzene rings is 2. The maximum atomic E-state index is 13.0. The van der Waals surface area contributed by atoms with E-state index in [2.05, 4.69) is 5.32 Å². The average Bonchev–Trinajstić information content (AvgIpc) is 2.59. The summed E-state index contributed by atoms with van der Waals surface area (Å²) in [6.07, 6.45) is -5.25. The summed E-state index contributed by atoms with van der Waals surface area (Å²) in [6.45, 7) is 1.70. The molecule has 0 aromatic heterocycles. The fourth-order valence-corrected chi connectivity index (χ4v) is 2.24. The zero-order valence-corrected chi connectivity index (χ0v) is 13.8. The largest absolute Gasteiger partial charge is 0.493 e. The molecule has 0 heterocycles. The summed E-state index contributed by atoms with van der Waals surface area (Å²) in [5.74, 6) is 0.116. The van der Waals surface area contributed by atoms with E-state index in [4.69, 9.17) is 9.47 Å². The molecule has 2 rings (SSSR count). The smallest absolute Gasteiger partial charge is 0.418 e. The summed E-state index contributed by atoms with van der Waals surface area (Å²) in [5.41, 5.74) is -1.21. The lowest BCUT2D eigenvalue weighted by molar-refractivity contribution is -0.137. The van der Waals surface area contributed by atoms with E-state index < -0.39 is 23.8 Å². The van der Waals surface area contributed by atoms with Crippen LogP contribution in [0.4, 0.5) is 18.9 Å². The van der Waals surface area contributed by atoms with Gasteiger partial charge in [-0.2, -0.15) is 13.2 Å². The number of carbonyl (C=O) groups excluding carboxylic acids is 1. The minimum Gasteiger partial charge on any atom is -0.493 e. The van der Waals surface area contributed by atoms with E-state index in [1.807, 2.05) is 0 Å². The second-order valence-electron chi connectivity index (χ2n) is 5.20. The van der Waals surface area contributed by atoms with Crippen molar-refractivity contribution in [2.24, 2.45) is 0 Å². The lowest BCUT2D eigenvalue weighted by Gasteiger charge is -2.20. The molecule has 134 valence electrons. The summed E-state index contributed by atoms with van der Waals surface area (Å²) >= 11 is 0. The van der Waals surface area contributed by atoms with Gasteiger partial charge in [0.1, 0.15) is 0 Å². The molecular formula is C18H18F3NO3. The highest BCUT2D eigenvalue weighted by Crippen LogP contribution is 2.35. The van der Waals surface area contributed by atoms with Gasteiger partial charge in [0.05, 0.1) is 18.4 Å². The molecule has 0 spiro atoms. The van der Waals surface area contributed by atoms with Gasteiger partial charge in [0.2, 0.25) is 0 Å². The highest BCUT2D eigenvalue weighted by molar-refractivity contribution is 5.95. The Labute approximate surface area is 143 Å². The van der Waals surface area contributed by atoms with Crippen LogP contribution in [0.5, 0.6) is 11.5 Å². The van der Waals surface area contributed by atoms with Crippen LogP contribution in [0.15, 0.2) is 48.5 Å². The molecule has 0 bridgehead atoms. The molecule has 0 aliphatic heterocycles. The van der Waals surface area contributed by atoms with Gasteiger partial charge in [-0.25, -0.2) is 0 Å². The predicted molar refractivity (Wildman–Crippen MR) is 87.8 cm³/mol. The van der Waals surface area contributed by atoms with Crippen LogP contribution in [0.1, 0.15) is 18.9 Å². The molecule has 1 N–H and O–H groups in total. The van der Waals surface area contributed by atoms with E-state index in [1.165, 1.54) is 25.3 Å². The average molecular weight is 353 g/mol. The van der Waals surface area contributed by atoms with Crippen molar-refractivity contribution in [2.45, 2.75) is 25.6 Å².